The summed E-state index contributed by atoms with van der Waals surface area (Å²) in [5, 5.41) is 6.66. The topological polar surface area (TPSA) is 56.7 Å². The van der Waals surface area contributed by atoms with Gasteiger partial charge in [0.05, 0.1) is 6.54 Å². The lowest BCUT2D eigenvalue weighted by Crippen LogP contribution is -2.51. The van der Waals surface area contributed by atoms with Gasteiger partial charge in [0.1, 0.15) is 0 Å². The monoisotopic (exact) mass is 300 g/mol. The van der Waals surface area contributed by atoms with E-state index < -0.39 is 0 Å². The van der Waals surface area contributed by atoms with Crippen molar-refractivity contribution >= 4 is 23.6 Å². The molecule has 0 aliphatic carbocycles. The van der Waals surface area contributed by atoms with E-state index in [0.29, 0.717) is 11.2 Å². The van der Waals surface area contributed by atoms with E-state index in [4.69, 9.17) is 0 Å². The number of carbonyl (C=O) groups is 1. The number of carbonyl (C=O) groups excluding carboxylic acids is 1. The third-order valence-electron chi connectivity index (χ3n) is 3.21. The highest BCUT2D eigenvalue weighted by molar-refractivity contribution is 8.00. The highest BCUT2D eigenvalue weighted by Crippen LogP contribution is 2.24. The van der Waals surface area contributed by atoms with Gasteiger partial charge in [-0.3, -0.25) is 9.79 Å². The number of thioether (sulfide) groups is 1. The first kappa shape index (κ1) is 17.1. The van der Waals surface area contributed by atoms with Crippen molar-refractivity contribution in [2.75, 3.05) is 32.4 Å². The molecule has 0 bridgehead atoms. The Kier molecular flexibility index (Phi) is 7.19. The minimum absolute atomic E-state index is 0.00736. The van der Waals surface area contributed by atoms with Crippen LogP contribution in [0.1, 0.15) is 27.7 Å². The van der Waals surface area contributed by atoms with E-state index in [9.17, 15) is 4.79 Å². The molecule has 20 heavy (non-hydrogen) atoms. The van der Waals surface area contributed by atoms with Crippen LogP contribution in [0.4, 0.5) is 0 Å². The van der Waals surface area contributed by atoms with Crippen LogP contribution in [0.5, 0.6) is 0 Å². The molecule has 1 amide bonds. The van der Waals surface area contributed by atoms with E-state index >= 15 is 0 Å². The van der Waals surface area contributed by atoms with Gasteiger partial charge in [-0.1, -0.05) is 13.8 Å². The van der Waals surface area contributed by atoms with E-state index in [1.54, 1.807) is 7.05 Å². The molecular formula is C14H28N4OS. The molecule has 1 rings (SSSR count). The average Bonchev–Trinajstić information content (AvgIpc) is 2.39. The molecule has 1 heterocycles. The van der Waals surface area contributed by atoms with Crippen molar-refractivity contribution in [1.82, 2.24) is 15.5 Å². The Morgan fingerprint density at radius 2 is 2.10 bits per heavy atom. The number of nitrogens with zero attached hydrogens (tertiary/aromatic N) is 2. The van der Waals surface area contributed by atoms with Crippen molar-refractivity contribution in [3.63, 3.8) is 0 Å². The fourth-order valence-corrected chi connectivity index (χ4v) is 3.43. The number of rotatable bonds is 4. The summed E-state index contributed by atoms with van der Waals surface area (Å²) >= 11 is 2.03. The standard InChI is InChI=1S/C14H28N4OS/c1-10(2)12-9-18(6-7-20-12)14(15-5)16-8-13(19)17-11(3)4/h10-12H,6-9H2,1-5H3,(H,15,16)(H,17,19). The normalized spacial score (nSPS) is 20.4. The van der Waals surface area contributed by atoms with E-state index in [1.165, 1.54) is 0 Å². The lowest BCUT2D eigenvalue weighted by atomic mass is 10.1. The maximum absolute atomic E-state index is 11.7. The number of hydrogen-bond acceptors (Lipinski definition) is 3. The van der Waals surface area contributed by atoms with Crippen molar-refractivity contribution in [3.8, 4) is 0 Å². The number of amides is 1. The lowest BCUT2D eigenvalue weighted by Gasteiger charge is -2.36. The molecule has 116 valence electrons. The third kappa shape index (κ3) is 5.61. The Morgan fingerprint density at radius 3 is 2.65 bits per heavy atom. The molecule has 0 aromatic heterocycles. The summed E-state index contributed by atoms with van der Waals surface area (Å²) in [4.78, 5) is 18.2. The molecule has 5 nitrogen and oxygen atoms in total. The summed E-state index contributed by atoms with van der Waals surface area (Å²) < 4.78 is 0. The molecule has 6 heteroatoms. The lowest BCUT2D eigenvalue weighted by molar-refractivity contribution is -0.120. The van der Waals surface area contributed by atoms with Gasteiger partial charge >= 0.3 is 0 Å². The van der Waals surface area contributed by atoms with Crippen LogP contribution < -0.4 is 10.6 Å². The van der Waals surface area contributed by atoms with Crippen LogP contribution in [0, 0.1) is 5.92 Å². The Labute approximate surface area is 127 Å². The Hall–Kier alpha value is -0.910. The van der Waals surface area contributed by atoms with Crippen molar-refractivity contribution in [2.45, 2.75) is 39.0 Å². The molecule has 2 N–H and O–H groups in total. The summed E-state index contributed by atoms with van der Waals surface area (Å²) in [6.45, 7) is 10.7. The predicted molar refractivity (Wildman–Crippen MR) is 87.3 cm³/mol. The molecule has 1 unspecified atom stereocenters. The Balaban J connectivity index is 2.48. The van der Waals surface area contributed by atoms with Gasteiger partial charge in [0, 0.05) is 37.2 Å². The highest BCUT2D eigenvalue weighted by atomic mass is 32.2. The van der Waals surface area contributed by atoms with Crippen LogP contribution in [0.25, 0.3) is 0 Å². The molecule has 1 aliphatic heterocycles. The summed E-state index contributed by atoms with van der Waals surface area (Å²) in [6, 6.07) is 0.169. The van der Waals surface area contributed by atoms with Gasteiger partial charge in [-0.25, -0.2) is 0 Å². The van der Waals surface area contributed by atoms with Gasteiger partial charge in [0.2, 0.25) is 5.91 Å². The number of aliphatic imine (C=N–C) groups is 1. The average molecular weight is 300 g/mol. The second-order valence-corrected chi connectivity index (χ2v) is 7.07. The molecule has 0 aromatic carbocycles. The second-order valence-electron chi connectivity index (χ2n) is 5.72. The molecule has 0 aromatic rings. The van der Waals surface area contributed by atoms with Gasteiger partial charge < -0.3 is 15.5 Å². The minimum Gasteiger partial charge on any atom is -0.352 e. The molecule has 1 fully saturated rings. The van der Waals surface area contributed by atoms with E-state index in [0.717, 1.165) is 24.8 Å². The maximum atomic E-state index is 11.7. The SMILES string of the molecule is CN=C(NCC(=O)NC(C)C)N1CCSC(C(C)C)C1. The fourth-order valence-electron chi connectivity index (χ4n) is 2.14. The molecule has 0 radical (unpaired) electrons. The highest BCUT2D eigenvalue weighted by Gasteiger charge is 2.24. The first-order valence-corrected chi connectivity index (χ1v) is 8.35. The first-order valence-electron chi connectivity index (χ1n) is 7.30. The van der Waals surface area contributed by atoms with Crippen LogP contribution in [-0.2, 0) is 4.79 Å². The smallest absolute Gasteiger partial charge is 0.239 e. The molecule has 1 saturated heterocycles. The summed E-state index contributed by atoms with van der Waals surface area (Å²) in [6.07, 6.45) is 0. The zero-order valence-corrected chi connectivity index (χ0v) is 14.1. The van der Waals surface area contributed by atoms with Gasteiger partial charge in [-0.05, 0) is 19.8 Å². The zero-order chi connectivity index (χ0) is 15.1. The number of guanidine groups is 1. The summed E-state index contributed by atoms with van der Waals surface area (Å²) in [5.74, 6) is 2.61. The van der Waals surface area contributed by atoms with Crippen LogP contribution in [0.15, 0.2) is 4.99 Å². The maximum Gasteiger partial charge on any atom is 0.239 e. The second kappa shape index (κ2) is 8.39. The van der Waals surface area contributed by atoms with Gasteiger partial charge in [-0.2, -0.15) is 11.8 Å². The number of nitrogens with one attached hydrogen (secondary N) is 2. The van der Waals surface area contributed by atoms with Crippen molar-refractivity contribution in [1.29, 1.82) is 0 Å². The summed E-state index contributed by atoms with van der Waals surface area (Å²) in [5.41, 5.74) is 0. The predicted octanol–water partition coefficient (Wildman–Crippen LogP) is 1.16. The van der Waals surface area contributed by atoms with E-state index in [-0.39, 0.29) is 18.5 Å². The quantitative estimate of drug-likeness (QED) is 0.604. The summed E-state index contributed by atoms with van der Waals surface area (Å²) in [7, 11) is 1.77. The van der Waals surface area contributed by atoms with Crippen LogP contribution in [0.2, 0.25) is 0 Å². The van der Waals surface area contributed by atoms with Crippen molar-refractivity contribution < 1.29 is 4.79 Å². The Bertz CT molecular complexity index is 344. The fraction of sp³-hybridized carbons (Fsp3) is 0.857. The van der Waals surface area contributed by atoms with Gasteiger partial charge in [-0.15, -0.1) is 0 Å². The van der Waals surface area contributed by atoms with Gasteiger partial charge in [0.15, 0.2) is 5.96 Å². The van der Waals surface area contributed by atoms with Crippen LogP contribution in [0.3, 0.4) is 0 Å². The van der Waals surface area contributed by atoms with Crippen LogP contribution >= 0.6 is 11.8 Å². The molecular weight excluding hydrogens is 272 g/mol. The minimum atomic E-state index is 0.00736. The zero-order valence-electron chi connectivity index (χ0n) is 13.3. The molecule has 1 aliphatic rings. The first-order chi connectivity index (χ1) is 9.43. The third-order valence-corrected chi connectivity index (χ3v) is 4.74. The number of hydrogen-bond donors (Lipinski definition) is 2. The van der Waals surface area contributed by atoms with E-state index in [2.05, 4.69) is 34.4 Å². The van der Waals surface area contributed by atoms with Crippen molar-refractivity contribution in [2.24, 2.45) is 10.9 Å². The van der Waals surface area contributed by atoms with Gasteiger partial charge in [0.25, 0.3) is 0 Å². The Morgan fingerprint density at radius 1 is 1.40 bits per heavy atom. The largest absolute Gasteiger partial charge is 0.352 e. The molecule has 1 atom stereocenters. The van der Waals surface area contributed by atoms with E-state index in [1.807, 2.05) is 25.6 Å². The molecule has 0 saturated carbocycles. The van der Waals surface area contributed by atoms with Crippen LogP contribution in [-0.4, -0.2) is 60.5 Å². The molecule has 0 spiro atoms. The van der Waals surface area contributed by atoms with Crippen molar-refractivity contribution in [3.05, 3.63) is 0 Å².